The molecule has 18 heavy (non-hydrogen) atoms. The van der Waals surface area contributed by atoms with Crippen molar-refractivity contribution in [1.82, 2.24) is 10.2 Å². The molecule has 2 aliphatic rings. The lowest BCUT2D eigenvalue weighted by atomic mass is 10.1. The second-order valence-electron chi connectivity index (χ2n) is 6.01. The first kappa shape index (κ1) is 13.8. The monoisotopic (exact) mass is 254 g/mol. The third-order valence-corrected chi connectivity index (χ3v) is 3.84. The lowest BCUT2D eigenvalue weighted by Crippen LogP contribution is -2.44. The standard InChI is InChI=1S/C14H26N2O2/c1-10(2)8-13-15-11(3)14(17)16(13)9-12-6-4-5-7-18-12/h10-13,15H,4-9H2,1-3H3. The van der Waals surface area contributed by atoms with Crippen molar-refractivity contribution >= 4 is 5.91 Å². The third kappa shape index (κ3) is 3.23. The molecule has 1 N–H and O–H groups in total. The highest BCUT2D eigenvalue weighted by molar-refractivity contribution is 5.83. The number of rotatable bonds is 4. The van der Waals surface area contributed by atoms with Crippen LogP contribution in [0, 0.1) is 5.92 Å². The maximum absolute atomic E-state index is 12.2. The van der Waals surface area contributed by atoms with Gasteiger partial charge in [-0.05, 0) is 38.5 Å². The van der Waals surface area contributed by atoms with E-state index in [0.29, 0.717) is 5.92 Å². The van der Waals surface area contributed by atoms with Crippen LogP contribution in [-0.2, 0) is 9.53 Å². The molecule has 2 saturated heterocycles. The molecule has 3 atom stereocenters. The molecule has 0 bridgehead atoms. The fourth-order valence-electron chi connectivity index (χ4n) is 2.88. The van der Waals surface area contributed by atoms with Gasteiger partial charge in [0.1, 0.15) is 0 Å². The molecule has 0 aromatic carbocycles. The zero-order valence-electron chi connectivity index (χ0n) is 11.8. The Bertz CT molecular complexity index is 288. The fraction of sp³-hybridized carbons (Fsp3) is 0.929. The summed E-state index contributed by atoms with van der Waals surface area (Å²) in [6, 6.07) is -0.0441. The molecule has 3 unspecified atom stereocenters. The molecule has 1 amide bonds. The first-order chi connectivity index (χ1) is 8.58. The molecule has 2 heterocycles. The predicted octanol–water partition coefficient (Wildman–Crippen LogP) is 1.75. The highest BCUT2D eigenvalue weighted by atomic mass is 16.5. The number of nitrogens with one attached hydrogen (secondary N) is 1. The lowest BCUT2D eigenvalue weighted by Gasteiger charge is -2.31. The van der Waals surface area contributed by atoms with Crippen molar-refractivity contribution in [2.75, 3.05) is 13.2 Å². The van der Waals surface area contributed by atoms with Crippen LogP contribution in [0.1, 0.15) is 46.5 Å². The molecule has 0 aromatic heterocycles. The normalized spacial score (nSPS) is 33.4. The van der Waals surface area contributed by atoms with E-state index >= 15 is 0 Å². The topological polar surface area (TPSA) is 41.6 Å². The van der Waals surface area contributed by atoms with Gasteiger partial charge in [-0.3, -0.25) is 10.1 Å². The van der Waals surface area contributed by atoms with Crippen molar-refractivity contribution in [3.63, 3.8) is 0 Å². The van der Waals surface area contributed by atoms with Crippen LogP contribution >= 0.6 is 0 Å². The van der Waals surface area contributed by atoms with E-state index in [2.05, 4.69) is 19.2 Å². The molecule has 0 saturated carbocycles. The van der Waals surface area contributed by atoms with Crippen LogP contribution in [-0.4, -0.2) is 42.3 Å². The molecule has 0 radical (unpaired) electrons. The molecular formula is C14H26N2O2. The van der Waals surface area contributed by atoms with E-state index in [1.807, 2.05) is 11.8 Å². The largest absolute Gasteiger partial charge is 0.376 e. The third-order valence-electron chi connectivity index (χ3n) is 3.84. The summed E-state index contributed by atoms with van der Waals surface area (Å²) in [5, 5.41) is 3.40. The van der Waals surface area contributed by atoms with Gasteiger partial charge in [-0.1, -0.05) is 13.8 Å². The summed E-state index contributed by atoms with van der Waals surface area (Å²) in [5.74, 6) is 0.824. The quantitative estimate of drug-likeness (QED) is 0.831. The zero-order valence-corrected chi connectivity index (χ0v) is 11.8. The van der Waals surface area contributed by atoms with E-state index < -0.39 is 0 Å². The van der Waals surface area contributed by atoms with Crippen LogP contribution in [0.3, 0.4) is 0 Å². The summed E-state index contributed by atoms with van der Waals surface area (Å²) in [6.07, 6.45) is 4.93. The predicted molar refractivity (Wildman–Crippen MR) is 71.1 cm³/mol. The van der Waals surface area contributed by atoms with Crippen LogP contribution in [0.4, 0.5) is 0 Å². The summed E-state index contributed by atoms with van der Waals surface area (Å²) < 4.78 is 5.76. The number of carbonyl (C=O) groups excluding carboxylic acids is 1. The van der Waals surface area contributed by atoms with Crippen molar-refractivity contribution in [1.29, 1.82) is 0 Å². The fourth-order valence-corrected chi connectivity index (χ4v) is 2.88. The van der Waals surface area contributed by atoms with Crippen LogP contribution in [0.5, 0.6) is 0 Å². The molecule has 4 nitrogen and oxygen atoms in total. The van der Waals surface area contributed by atoms with E-state index in [-0.39, 0.29) is 24.2 Å². The average molecular weight is 254 g/mol. The number of amides is 1. The molecule has 0 aromatic rings. The maximum Gasteiger partial charge on any atom is 0.240 e. The van der Waals surface area contributed by atoms with E-state index in [0.717, 1.165) is 32.4 Å². The number of nitrogens with zero attached hydrogens (tertiary/aromatic N) is 1. The Labute approximate surface area is 110 Å². The molecular weight excluding hydrogens is 228 g/mol. The van der Waals surface area contributed by atoms with Gasteiger partial charge in [0.05, 0.1) is 18.3 Å². The Kier molecular flexibility index (Phi) is 4.62. The van der Waals surface area contributed by atoms with Crippen LogP contribution in [0.15, 0.2) is 0 Å². The van der Waals surface area contributed by atoms with E-state index in [1.54, 1.807) is 0 Å². The van der Waals surface area contributed by atoms with Crippen molar-refractivity contribution in [2.24, 2.45) is 5.92 Å². The summed E-state index contributed by atoms with van der Waals surface area (Å²) in [7, 11) is 0. The SMILES string of the molecule is CC(C)CC1NC(C)C(=O)N1CC1CCCCO1. The van der Waals surface area contributed by atoms with Gasteiger partial charge in [-0.15, -0.1) is 0 Å². The van der Waals surface area contributed by atoms with E-state index in [9.17, 15) is 4.79 Å². The Balaban J connectivity index is 1.95. The molecule has 0 aliphatic carbocycles. The second-order valence-corrected chi connectivity index (χ2v) is 6.01. The van der Waals surface area contributed by atoms with Gasteiger partial charge in [0.2, 0.25) is 5.91 Å². The van der Waals surface area contributed by atoms with Gasteiger partial charge in [0.25, 0.3) is 0 Å². The first-order valence-electron chi connectivity index (χ1n) is 7.26. The number of hydrogen-bond donors (Lipinski definition) is 1. The molecule has 4 heteroatoms. The molecule has 2 aliphatic heterocycles. The summed E-state index contributed by atoms with van der Waals surface area (Å²) in [6.45, 7) is 7.96. The van der Waals surface area contributed by atoms with Crippen molar-refractivity contribution in [3.8, 4) is 0 Å². The van der Waals surface area contributed by atoms with Gasteiger partial charge >= 0.3 is 0 Å². The minimum Gasteiger partial charge on any atom is -0.376 e. The summed E-state index contributed by atoms with van der Waals surface area (Å²) in [5.41, 5.74) is 0. The average Bonchev–Trinajstić information content (AvgIpc) is 2.58. The van der Waals surface area contributed by atoms with Crippen LogP contribution in [0.2, 0.25) is 0 Å². The second kappa shape index (κ2) is 6.02. The van der Waals surface area contributed by atoms with Gasteiger partial charge in [0, 0.05) is 13.2 Å². The Hall–Kier alpha value is -0.610. The van der Waals surface area contributed by atoms with Gasteiger partial charge < -0.3 is 9.64 Å². The van der Waals surface area contributed by atoms with Gasteiger partial charge in [0.15, 0.2) is 0 Å². The highest BCUT2D eigenvalue weighted by Gasteiger charge is 2.37. The minimum absolute atomic E-state index is 0.0441. The smallest absolute Gasteiger partial charge is 0.240 e. The van der Waals surface area contributed by atoms with Crippen LogP contribution < -0.4 is 5.32 Å². The van der Waals surface area contributed by atoms with Gasteiger partial charge in [-0.2, -0.15) is 0 Å². The summed E-state index contributed by atoms with van der Waals surface area (Å²) >= 11 is 0. The Morgan fingerprint density at radius 2 is 2.22 bits per heavy atom. The first-order valence-corrected chi connectivity index (χ1v) is 7.26. The van der Waals surface area contributed by atoms with Crippen molar-refractivity contribution in [2.45, 2.75) is 64.8 Å². The Morgan fingerprint density at radius 1 is 1.44 bits per heavy atom. The highest BCUT2D eigenvalue weighted by Crippen LogP contribution is 2.21. The minimum atomic E-state index is -0.0441. The number of carbonyl (C=O) groups is 1. The lowest BCUT2D eigenvalue weighted by molar-refractivity contribution is -0.132. The van der Waals surface area contributed by atoms with Crippen LogP contribution in [0.25, 0.3) is 0 Å². The zero-order chi connectivity index (χ0) is 13.1. The molecule has 0 spiro atoms. The van der Waals surface area contributed by atoms with Gasteiger partial charge in [-0.25, -0.2) is 0 Å². The van der Waals surface area contributed by atoms with E-state index in [1.165, 1.54) is 6.42 Å². The van der Waals surface area contributed by atoms with E-state index in [4.69, 9.17) is 4.74 Å². The molecule has 2 rings (SSSR count). The Morgan fingerprint density at radius 3 is 2.83 bits per heavy atom. The molecule has 2 fully saturated rings. The summed E-state index contributed by atoms with van der Waals surface area (Å²) in [4.78, 5) is 14.2. The maximum atomic E-state index is 12.2. The van der Waals surface area contributed by atoms with Crippen molar-refractivity contribution < 1.29 is 9.53 Å². The number of ether oxygens (including phenoxy) is 1. The molecule has 104 valence electrons. The van der Waals surface area contributed by atoms with Crippen molar-refractivity contribution in [3.05, 3.63) is 0 Å². The number of hydrogen-bond acceptors (Lipinski definition) is 3.